The third-order valence-corrected chi connectivity index (χ3v) is 4.72. The van der Waals surface area contributed by atoms with E-state index in [0.29, 0.717) is 19.0 Å². The number of carbonyl (C=O) groups excluding carboxylic acids is 1. The summed E-state index contributed by atoms with van der Waals surface area (Å²) >= 11 is 0. The molecule has 26 heavy (non-hydrogen) atoms. The van der Waals surface area contributed by atoms with E-state index in [1.807, 2.05) is 6.92 Å². The van der Waals surface area contributed by atoms with Gasteiger partial charge in [-0.3, -0.25) is 4.79 Å². The minimum absolute atomic E-state index is 0. The Morgan fingerprint density at radius 3 is 2.50 bits per heavy atom. The number of nitrogens with one attached hydrogen (secondary N) is 2. The highest BCUT2D eigenvalue weighted by molar-refractivity contribution is 7.89. The van der Waals surface area contributed by atoms with Crippen LogP contribution in [0.5, 0.6) is 0 Å². The maximum Gasteiger partial charge on any atom is 0.416 e. The van der Waals surface area contributed by atoms with E-state index < -0.39 is 26.7 Å². The molecule has 6 nitrogen and oxygen atoms in total. The summed E-state index contributed by atoms with van der Waals surface area (Å²) in [7, 11) is -4.07. The summed E-state index contributed by atoms with van der Waals surface area (Å²) in [6.07, 6.45) is -3.66. The van der Waals surface area contributed by atoms with Crippen molar-refractivity contribution < 1.29 is 26.4 Å². The average molecular weight is 418 g/mol. The molecule has 0 bridgehead atoms. The largest absolute Gasteiger partial charge is 0.416 e. The second-order valence-electron chi connectivity index (χ2n) is 5.64. The van der Waals surface area contributed by atoms with Crippen LogP contribution in [0.2, 0.25) is 0 Å². The second kappa shape index (κ2) is 10.7. The van der Waals surface area contributed by atoms with Gasteiger partial charge in [0.25, 0.3) is 0 Å². The molecule has 150 valence electrons. The number of hydrogen-bond donors (Lipinski definition) is 3. The zero-order chi connectivity index (χ0) is 19.1. The maximum absolute atomic E-state index is 12.6. The summed E-state index contributed by atoms with van der Waals surface area (Å²) in [5.74, 6) is -0.237. The summed E-state index contributed by atoms with van der Waals surface area (Å²) < 4.78 is 64.1. The van der Waals surface area contributed by atoms with Crippen molar-refractivity contribution in [2.24, 2.45) is 5.73 Å². The smallest absolute Gasteiger partial charge is 0.356 e. The van der Waals surface area contributed by atoms with Gasteiger partial charge in [0.05, 0.1) is 10.5 Å². The molecule has 1 unspecified atom stereocenters. The molecule has 1 rings (SSSR count). The van der Waals surface area contributed by atoms with E-state index in [0.717, 1.165) is 18.2 Å². The molecule has 0 aliphatic rings. The molecule has 4 N–H and O–H groups in total. The van der Waals surface area contributed by atoms with Crippen LogP contribution in [-0.2, 0) is 21.0 Å². The molecule has 0 heterocycles. The lowest BCUT2D eigenvalue weighted by Crippen LogP contribution is -2.30. The minimum Gasteiger partial charge on any atom is -0.356 e. The van der Waals surface area contributed by atoms with Crippen LogP contribution in [-0.4, -0.2) is 33.5 Å². The van der Waals surface area contributed by atoms with Gasteiger partial charge in [0.2, 0.25) is 15.9 Å². The van der Waals surface area contributed by atoms with Crippen LogP contribution in [0.4, 0.5) is 13.2 Å². The average Bonchev–Trinajstić information content (AvgIpc) is 2.50. The molecule has 0 radical (unpaired) electrons. The molecular formula is C15H23ClF3N3O3S. The predicted molar refractivity (Wildman–Crippen MR) is 94.4 cm³/mol. The first kappa shape index (κ1) is 24.6. The van der Waals surface area contributed by atoms with Crippen molar-refractivity contribution in [3.8, 4) is 0 Å². The van der Waals surface area contributed by atoms with Crippen LogP contribution in [0.25, 0.3) is 0 Å². The van der Waals surface area contributed by atoms with Gasteiger partial charge in [0, 0.05) is 25.6 Å². The molecule has 11 heteroatoms. The van der Waals surface area contributed by atoms with Gasteiger partial charge in [-0.1, -0.05) is 6.07 Å². The molecule has 0 aliphatic heterocycles. The molecule has 1 aromatic rings. The van der Waals surface area contributed by atoms with Crippen molar-refractivity contribution in [2.45, 2.75) is 43.3 Å². The van der Waals surface area contributed by atoms with E-state index in [1.165, 1.54) is 0 Å². The topological polar surface area (TPSA) is 101 Å². The Kier molecular flexibility index (Phi) is 10.1. The van der Waals surface area contributed by atoms with Gasteiger partial charge >= 0.3 is 6.18 Å². The molecule has 0 aromatic heterocycles. The van der Waals surface area contributed by atoms with E-state index in [2.05, 4.69) is 10.0 Å². The highest BCUT2D eigenvalue weighted by Gasteiger charge is 2.31. The Bertz CT molecular complexity index is 682. The lowest BCUT2D eigenvalue weighted by molar-refractivity contribution is -0.137. The Hall–Kier alpha value is -1.36. The first-order valence-corrected chi connectivity index (χ1v) is 9.20. The zero-order valence-corrected chi connectivity index (χ0v) is 15.8. The van der Waals surface area contributed by atoms with Crippen molar-refractivity contribution in [2.75, 3.05) is 13.1 Å². The van der Waals surface area contributed by atoms with Gasteiger partial charge in [-0.05, 0) is 38.0 Å². The van der Waals surface area contributed by atoms with Crippen molar-refractivity contribution in [1.82, 2.24) is 10.0 Å². The Labute approximate surface area is 157 Å². The van der Waals surface area contributed by atoms with Gasteiger partial charge in [0.15, 0.2) is 0 Å². The summed E-state index contributed by atoms with van der Waals surface area (Å²) in [5, 5.41) is 2.65. The second-order valence-corrected chi connectivity index (χ2v) is 7.41. The van der Waals surface area contributed by atoms with Crippen LogP contribution in [0, 0.1) is 0 Å². The molecule has 0 spiro atoms. The third-order valence-electron chi connectivity index (χ3n) is 3.27. The van der Waals surface area contributed by atoms with Gasteiger partial charge in [-0.2, -0.15) is 13.2 Å². The van der Waals surface area contributed by atoms with Crippen LogP contribution in [0.1, 0.15) is 31.7 Å². The number of alkyl halides is 3. The SMILES string of the molecule is CC(N)CCNC(=O)CCCNS(=O)(=O)c1cccc(C(F)(F)F)c1.Cl. The van der Waals surface area contributed by atoms with Crippen molar-refractivity contribution >= 4 is 28.3 Å². The number of amides is 1. The van der Waals surface area contributed by atoms with Crippen LogP contribution in [0.3, 0.4) is 0 Å². The third kappa shape index (κ3) is 8.84. The van der Waals surface area contributed by atoms with Crippen molar-refractivity contribution in [3.05, 3.63) is 29.8 Å². The lowest BCUT2D eigenvalue weighted by atomic mass is 10.2. The molecule has 1 amide bonds. The molecule has 0 saturated heterocycles. The maximum atomic E-state index is 12.6. The fraction of sp³-hybridized carbons (Fsp3) is 0.533. The van der Waals surface area contributed by atoms with Crippen molar-refractivity contribution in [1.29, 1.82) is 0 Å². The monoisotopic (exact) mass is 417 g/mol. The number of carbonyl (C=O) groups is 1. The summed E-state index contributed by atoms with van der Waals surface area (Å²) in [5.41, 5.74) is 4.50. The molecule has 0 aliphatic carbocycles. The molecular weight excluding hydrogens is 395 g/mol. The number of benzene rings is 1. The number of halogens is 4. The Morgan fingerprint density at radius 1 is 1.27 bits per heavy atom. The van der Waals surface area contributed by atoms with Gasteiger partial charge in [-0.15, -0.1) is 12.4 Å². The predicted octanol–water partition coefficient (Wildman–Crippen LogP) is 2.04. The summed E-state index contributed by atoms with van der Waals surface area (Å²) in [4.78, 5) is 11.1. The van der Waals surface area contributed by atoms with Crippen LogP contribution >= 0.6 is 12.4 Å². The van der Waals surface area contributed by atoms with Crippen LogP contribution in [0.15, 0.2) is 29.2 Å². The zero-order valence-electron chi connectivity index (χ0n) is 14.2. The van der Waals surface area contributed by atoms with Crippen LogP contribution < -0.4 is 15.8 Å². The van der Waals surface area contributed by atoms with Gasteiger partial charge < -0.3 is 11.1 Å². The standard InChI is InChI=1S/C15H22F3N3O3S.ClH/c1-11(19)7-9-20-14(22)6-3-8-21-25(23,24)13-5-2-4-12(10-13)15(16,17)18;/h2,4-5,10-11,21H,3,6-9,19H2,1H3,(H,20,22);1H. The molecule has 1 atom stereocenters. The van der Waals surface area contributed by atoms with E-state index >= 15 is 0 Å². The van der Waals surface area contributed by atoms with E-state index in [1.54, 1.807) is 0 Å². The quantitative estimate of drug-likeness (QED) is 0.535. The molecule has 1 aromatic carbocycles. The van der Waals surface area contributed by atoms with Gasteiger partial charge in [-0.25, -0.2) is 13.1 Å². The van der Waals surface area contributed by atoms with Gasteiger partial charge in [0.1, 0.15) is 0 Å². The van der Waals surface area contributed by atoms with E-state index in [-0.39, 0.29) is 43.7 Å². The Morgan fingerprint density at radius 2 is 1.92 bits per heavy atom. The summed E-state index contributed by atoms with van der Waals surface area (Å²) in [6, 6.07) is 3.45. The van der Waals surface area contributed by atoms with E-state index in [4.69, 9.17) is 5.73 Å². The van der Waals surface area contributed by atoms with E-state index in [9.17, 15) is 26.4 Å². The first-order chi connectivity index (χ1) is 11.5. The Balaban J connectivity index is 0.00000625. The molecule has 0 saturated carbocycles. The normalized spacial score (nSPS) is 13.0. The molecule has 0 fully saturated rings. The number of nitrogens with two attached hydrogens (primary N) is 1. The minimum atomic E-state index is -4.62. The highest BCUT2D eigenvalue weighted by Crippen LogP contribution is 2.30. The van der Waals surface area contributed by atoms with Crippen molar-refractivity contribution in [3.63, 3.8) is 0 Å². The fourth-order valence-electron chi connectivity index (χ4n) is 1.91. The number of sulfonamides is 1. The number of rotatable bonds is 9. The first-order valence-electron chi connectivity index (χ1n) is 7.71. The summed E-state index contributed by atoms with van der Waals surface area (Å²) in [6.45, 7) is 2.19. The lowest BCUT2D eigenvalue weighted by Gasteiger charge is -2.10. The number of hydrogen-bond acceptors (Lipinski definition) is 4. The fourth-order valence-corrected chi connectivity index (χ4v) is 3.03. The highest BCUT2D eigenvalue weighted by atomic mass is 35.5.